The summed E-state index contributed by atoms with van der Waals surface area (Å²) in [6.07, 6.45) is 1.73. The van der Waals surface area contributed by atoms with Crippen LogP contribution in [0.4, 0.5) is 0 Å². The summed E-state index contributed by atoms with van der Waals surface area (Å²) in [7, 11) is 0. The summed E-state index contributed by atoms with van der Waals surface area (Å²) in [5.41, 5.74) is 2.09. The Kier molecular flexibility index (Phi) is 2.56. The van der Waals surface area contributed by atoms with Gasteiger partial charge in [0.2, 0.25) is 5.89 Å². The molecular formula is C13H13N3OS. The first-order valence-electron chi connectivity index (χ1n) is 5.78. The largest absolute Gasteiger partial charge is 0.444 e. The lowest BCUT2D eigenvalue weighted by Crippen LogP contribution is -2.06. The lowest BCUT2D eigenvalue weighted by molar-refractivity contribution is 0.417. The van der Waals surface area contributed by atoms with Crippen LogP contribution < -0.4 is 0 Å². The summed E-state index contributed by atoms with van der Waals surface area (Å²) in [4.78, 5) is 7.46. The first-order chi connectivity index (χ1) is 8.66. The van der Waals surface area contributed by atoms with Gasteiger partial charge in [0, 0.05) is 0 Å². The van der Waals surface area contributed by atoms with Crippen molar-refractivity contribution >= 4 is 23.3 Å². The molecule has 1 unspecified atom stereocenters. The van der Waals surface area contributed by atoms with Gasteiger partial charge in [-0.25, -0.2) is 4.98 Å². The van der Waals surface area contributed by atoms with Crippen molar-refractivity contribution in [2.24, 2.45) is 0 Å². The molecule has 0 radical (unpaired) electrons. The molecule has 1 atom stereocenters. The second-order valence-electron chi connectivity index (χ2n) is 4.30. The van der Waals surface area contributed by atoms with E-state index in [0.717, 1.165) is 16.8 Å². The molecule has 2 aromatic heterocycles. The summed E-state index contributed by atoms with van der Waals surface area (Å²) in [6.45, 7) is 3.92. The quantitative estimate of drug-likeness (QED) is 0.715. The average Bonchev–Trinajstić information content (AvgIpc) is 2.91. The van der Waals surface area contributed by atoms with Crippen molar-refractivity contribution in [1.82, 2.24) is 14.5 Å². The number of H-pyrrole nitrogens is 1. The third-order valence-corrected chi connectivity index (χ3v) is 3.31. The molecule has 92 valence electrons. The number of imidazole rings is 1. The number of rotatable bonds is 2. The number of hydrogen-bond donors (Lipinski definition) is 1. The van der Waals surface area contributed by atoms with E-state index < -0.39 is 0 Å². The fourth-order valence-electron chi connectivity index (χ4n) is 2.13. The van der Waals surface area contributed by atoms with E-state index in [1.807, 2.05) is 42.7 Å². The number of fused-ring (bicyclic) bond motifs is 1. The van der Waals surface area contributed by atoms with Crippen LogP contribution in [0.15, 0.2) is 34.9 Å². The number of nitrogens with one attached hydrogen (secondary N) is 1. The molecule has 18 heavy (non-hydrogen) atoms. The molecule has 0 bridgehead atoms. The van der Waals surface area contributed by atoms with Crippen LogP contribution in [0.25, 0.3) is 11.0 Å². The highest BCUT2D eigenvalue weighted by molar-refractivity contribution is 7.71. The molecule has 0 aliphatic rings. The number of oxazole rings is 1. The standard InChI is InChI=1S/C13H13N3OS/c1-8-7-14-12(17-8)9(2)16-11-6-4-3-5-10(11)15-13(16)18/h3-7,9H,1-2H3,(H,15,18). The Hall–Kier alpha value is -1.88. The highest BCUT2D eigenvalue weighted by atomic mass is 32.1. The minimum Gasteiger partial charge on any atom is -0.444 e. The van der Waals surface area contributed by atoms with E-state index in [1.54, 1.807) is 6.20 Å². The molecule has 5 heteroatoms. The maximum atomic E-state index is 5.58. The Morgan fingerprint density at radius 1 is 1.39 bits per heavy atom. The van der Waals surface area contributed by atoms with Crippen LogP contribution >= 0.6 is 12.2 Å². The van der Waals surface area contributed by atoms with Crippen molar-refractivity contribution in [3.8, 4) is 0 Å². The number of hydrogen-bond acceptors (Lipinski definition) is 3. The van der Waals surface area contributed by atoms with Crippen LogP contribution in [0.2, 0.25) is 0 Å². The van der Waals surface area contributed by atoms with Crippen molar-refractivity contribution in [1.29, 1.82) is 0 Å². The average molecular weight is 259 g/mol. The van der Waals surface area contributed by atoms with Gasteiger partial charge in [0.15, 0.2) is 4.77 Å². The molecule has 3 rings (SSSR count). The molecule has 0 saturated carbocycles. The maximum Gasteiger partial charge on any atom is 0.217 e. The predicted molar refractivity (Wildman–Crippen MR) is 72.2 cm³/mol. The third-order valence-electron chi connectivity index (χ3n) is 3.01. The Balaban J connectivity index is 2.19. The molecule has 0 aliphatic heterocycles. The molecule has 4 nitrogen and oxygen atoms in total. The van der Waals surface area contributed by atoms with E-state index in [0.29, 0.717) is 10.7 Å². The van der Waals surface area contributed by atoms with E-state index in [2.05, 4.69) is 9.97 Å². The zero-order chi connectivity index (χ0) is 12.7. The topological polar surface area (TPSA) is 46.8 Å². The van der Waals surface area contributed by atoms with Gasteiger partial charge in [-0.1, -0.05) is 12.1 Å². The maximum absolute atomic E-state index is 5.58. The summed E-state index contributed by atoms with van der Waals surface area (Å²) in [5, 5.41) is 0. The first-order valence-corrected chi connectivity index (χ1v) is 6.19. The van der Waals surface area contributed by atoms with Crippen LogP contribution in [0, 0.1) is 11.7 Å². The summed E-state index contributed by atoms with van der Waals surface area (Å²) < 4.78 is 8.28. The van der Waals surface area contributed by atoms with Crippen molar-refractivity contribution in [2.75, 3.05) is 0 Å². The molecule has 0 saturated heterocycles. The highest BCUT2D eigenvalue weighted by Gasteiger charge is 2.16. The first kappa shape index (κ1) is 11.2. The second kappa shape index (κ2) is 4.10. The fourth-order valence-corrected chi connectivity index (χ4v) is 2.50. The Bertz CT molecular complexity index is 753. The van der Waals surface area contributed by atoms with E-state index in [4.69, 9.17) is 16.6 Å². The van der Waals surface area contributed by atoms with E-state index in [9.17, 15) is 0 Å². The molecular weight excluding hydrogens is 246 g/mol. The van der Waals surface area contributed by atoms with Gasteiger partial charge in [-0.05, 0) is 38.2 Å². The van der Waals surface area contributed by atoms with Gasteiger partial charge in [0.1, 0.15) is 11.8 Å². The van der Waals surface area contributed by atoms with Crippen LogP contribution in [0.5, 0.6) is 0 Å². The molecule has 0 aliphatic carbocycles. The normalized spacial score (nSPS) is 13.0. The van der Waals surface area contributed by atoms with Crippen LogP contribution in [0.1, 0.15) is 24.6 Å². The number of aryl methyl sites for hydroxylation is 1. The van der Waals surface area contributed by atoms with Crippen molar-refractivity contribution in [2.45, 2.75) is 19.9 Å². The minimum absolute atomic E-state index is 0.0256. The third kappa shape index (κ3) is 1.67. The molecule has 3 aromatic rings. The number of aromatic nitrogens is 3. The Labute approximate surface area is 109 Å². The predicted octanol–water partition coefficient (Wildman–Crippen LogP) is 3.60. The lowest BCUT2D eigenvalue weighted by atomic mass is 10.3. The number of aromatic amines is 1. The number of para-hydroxylation sites is 2. The van der Waals surface area contributed by atoms with Gasteiger partial charge in [-0.3, -0.25) is 0 Å². The SMILES string of the molecule is Cc1cnc(C(C)n2c(=S)[nH]c3ccccc32)o1. The van der Waals surface area contributed by atoms with Crippen LogP contribution in [-0.4, -0.2) is 14.5 Å². The lowest BCUT2D eigenvalue weighted by Gasteiger charge is -2.10. The molecule has 0 spiro atoms. The van der Waals surface area contributed by atoms with E-state index in [-0.39, 0.29) is 6.04 Å². The van der Waals surface area contributed by atoms with Crippen molar-refractivity contribution < 1.29 is 4.42 Å². The van der Waals surface area contributed by atoms with Crippen LogP contribution in [0.3, 0.4) is 0 Å². The van der Waals surface area contributed by atoms with Crippen LogP contribution in [-0.2, 0) is 0 Å². The van der Waals surface area contributed by atoms with Gasteiger partial charge < -0.3 is 14.0 Å². The van der Waals surface area contributed by atoms with Gasteiger partial charge >= 0.3 is 0 Å². The molecule has 1 N–H and O–H groups in total. The Morgan fingerprint density at radius 3 is 2.89 bits per heavy atom. The zero-order valence-electron chi connectivity index (χ0n) is 10.2. The molecule has 0 amide bonds. The van der Waals surface area contributed by atoms with Gasteiger partial charge in [-0.2, -0.15) is 0 Å². The smallest absolute Gasteiger partial charge is 0.217 e. The minimum atomic E-state index is -0.0256. The van der Waals surface area contributed by atoms with Gasteiger partial charge in [0.25, 0.3) is 0 Å². The second-order valence-corrected chi connectivity index (χ2v) is 4.69. The van der Waals surface area contributed by atoms with Gasteiger partial charge in [0.05, 0.1) is 17.2 Å². The molecule has 0 fully saturated rings. The zero-order valence-corrected chi connectivity index (χ0v) is 11.0. The number of benzene rings is 1. The molecule has 2 heterocycles. The summed E-state index contributed by atoms with van der Waals surface area (Å²) >= 11 is 5.37. The van der Waals surface area contributed by atoms with E-state index >= 15 is 0 Å². The van der Waals surface area contributed by atoms with Gasteiger partial charge in [-0.15, -0.1) is 0 Å². The molecule has 1 aromatic carbocycles. The highest BCUT2D eigenvalue weighted by Crippen LogP contribution is 2.23. The fraction of sp³-hybridized carbons (Fsp3) is 0.231. The van der Waals surface area contributed by atoms with E-state index in [1.165, 1.54) is 0 Å². The van der Waals surface area contributed by atoms with Crippen molar-refractivity contribution in [3.63, 3.8) is 0 Å². The Morgan fingerprint density at radius 2 is 2.17 bits per heavy atom. The monoisotopic (exact) mass is 259 g/mol. The van der Waals surface area contributed by atoms with Crippen molar-refractivity contribution in [3.05, 3.63) is 46.9 Å². The summed E-state index contributed by atoms with van der Waals surface area (Å²) in [5.74, 6) is 1.48. The summed E-state index contributed by atoms with van der Waals surface area (Å²) in [6, 6.07) is 8.00. The number of nitrogens with zero attached hydrogens (tertiary/aromatic N) is 2.